The van der Waals surface area contributed by atoms with Gasteiger partial charge in [0.1, 0.15) is 67.1 Å². The van der Waals surface area contributed by atoms with Crippen molar-refractivity contribution in [3.63, 3.8) is 0 Å². The number of hydrogen-bond acceptors (Lipinski definition) is 31. The zero-order chi connectivity index (χ0) is 81.5. The Bertz CT molecular complexity index is 2600. The molecule has 39 atom stereocenters. The summed E-state index contributed by atoms with van der Waals surface area (Å²) in [5.74, 6) is -6.38. The van der Waals surface area contributed by atoms with Gasteiger partial charge in [0, 0.05) is 48.3 Å². The molecule has 634 valence electrons. The molecule has 0 radical (unpaired) electrons. The molecule has 0 saturated carbocycles. The van der Waals surface area contributed by atoms with Gasteiger partial charge in [0.25, 0.3) is 0 Å². The number of aliphatic hydroxyl groups excluding tert-OH is 21. The predicted octanol–water partition coefficient (Wildman–Crippen LogP) is -1.20. The Morgan fingerprint density at radius 3 is 1.54 bits per heavy atom. The first-order valence-electron chi connectivity index (χ1n) is 39.4. The second-order valence-corrected chi connectivity index (χ2v) is 32.5. The van der Waals surface area contributed by atoms with Crippen LogP contribution in [0.1, 0.15) is 186 Å². The molecule has 3 saturated heterocycles. The van der Waals surface area contributed by atoms with Gasteiger partial charge < -0.3 is 152 Å². The summed E-state index contributed by atoms with van der Waals surface area (Å²) in [5.41, 5.74) is 12.6. The van der Waals surface area contributed by atoms with Gasteiger partial charge >= 0.3 is 5.97 Å². The fourth-order valence-corrected chi connectivity index (χ4v) is 15.2. The molecule has 31 nitrogen and oxygen atoms in total. The maximum absolute atomic E-state index is 14.2. The van der Waals surface area contributed by atoms with Crippen LogP contribution in [0.2, 0.25) is 0 Å². The molecule has 0 aliphatic carbocycles. The fraction of sp³-hybridized carbons (Fsp3) is 0.909. The van der Waals surface area contributed by atoms with Crippen LogP contribution in [0.5, 0.6) is 0 Å². The van der Waals surface area contributed by atoms with Gasteiger partial charge in [-0.3, -0.25) is 4.79 Å². The number of esters is 1. The van der Waals surface area contributed by atoms with Crippen LogP contribution in [0.25, 0.3) is 0 Å². The highest BCUT2D eigenvalue weighted by molar-refractivity contribution is 5.69. The summed E-state index contributed by atoms with van der Waals surface area (Å²) in [4.78, 5) is 14.2. The van der Waals surface area contributed by atoms with E-state index in [-0.39, 0.29) is 55.4 Å². The van der Waals surface area contributed by atoms with Crippen molar-refractivity contribution in [3.8, 4) is 0 Å². The van der Waals surface area contributed by atoms with Crippen molar-refractivity contribution in [2.24, 2.45) is 64.7 Å². The molecule has 0 aromatic rings. The van der Waals surface area contributed by atoms with Gasteiger partial charge in [-0.25, -0.2) is 0 Å². The lowest BCUT2D eigenvalue weighted by molar-refractivity contribution is -0.364. The Kier molecular flexibility index (Phi) is 43.1. The van der Waals surface area contributed by atoms with Gasteiger partial charge in [-0.1, -0.05) is 112 Å². The number of carbonyl (C=O) groups is 1. The Morgan fingerprint density at radius 2 is 0.991 bits per heavy atom. The van der Waals surface area contributed by atoms with Crippen LogP contribution in [0.4, 0.5) is 0 Å². The van der Waals surface area contributed by atoms with E-state index in [1.807, 2.05) is 19.9 Å². The molecule has 4 aliphatic heterocycles. The lowest BCUT2D eigenvalue weighted by atomic mass is 9.81. The number of hydrogen-bond donors (Lipinski definition) is 23. The average Bonchev–Trinajstić information content (AvgIpc) is 0.786. The standard InChI is InChI=1S/C77H142N2O29/c1-36(19-15-13-14-18-24-78)25-42(7)73-46(11)57(103-75-69(98)62(79)66(95)47(12)102-75)33-50(84)32-55(89)44(9)53(87)29-48(82)28-52(86)43(8)54(88)30-49(83)31-56(90)45(10)65(94)58(104-77-72(101)74(68(97)60(35-81)106-77)108-76-71(100)70(99)67(96)59(34-80)105-76)27-41(6)64(93)40(5)26-39(4)63(92)38(3)20-16-17-21-51(85)37(2)22-23-61(91)107-73/h16,20,26-27,36-38,40,42-60,62-77,80-90,92-101H,13-15,17-19,21-25,28-35,78-79H2,1-12H3/t36?,37?,38?,40?,42?,43?,44?,45?,46?,47-,48?,49?,50?,51?,52?,53?,54?,55?,56?,57?,58?,59-,60-,62+,63?,64?,65?,66-,67-,68-,69+,70+,71+,72+,73?,74+,75+,76-,77+/m1/s1. The average molecular weight is 1560 g/mol. The van der Waals surface area contributed by atoms with Crippen molar-refractivity contribution >= 4 is 5.97 Å². The SMILES string of the molecule is CC1=CC(C)C(O)C(C)=CC(O[C@H]2O[C@H](CO)[C@@H](O)[C@H](O[C@H]3O[C@H](CO)[C@@H](O)[C@H](O)[C@@H]3O)[C@@H]2O)C(O)C(C)C(O)CC(O)CC(O)C(C)C(O)CC(O)CC(O)C(C)C(O)CC(O)CC(O[C@@H]2O[C@H](C)[C@@H](O)[C@H](N)[C@@H]2O)C(C)C(C(C)CC(C)CCCCCCN)OC(=O)CCC(C)C(O)CCC=CC(C)C1O. The number of ether oxygens (including phenoxy) is 7. The number of aliphatic hydroxyl groups is 21. The number of rotatable bonds is 17. The summed E-state index contributed by atoms with van der Waals surface area (Å²) in [6, 6.07) is -1.19. The first-order valence-corrected chi connectivity index (χ1v) is 39.4. The van der Waals surface area contributed by atoms with Crippen LogP contribution in [-0.4, -0.2) is 317 Å². The number of carbonyl (C=O) groups excluding carboxylic acids is 1. The minimum Gasteiger partial charge on any atom is -0.462 e. The van der Waals surface area contributed by atoms with E-state index >= 15 is 0 Å². The van der Waals surface area contributed by atoms with Crippen LogP contribution in [-0.2, 0) is 38.0 Å². The number of unbranched alkanes of at least 4 members (excludes halogenated alkanes) is 3. The number of cyclic esters (lactones) is 1. The zero-order valence-electron chi connectivity index (χ0n) is 65.6. The molecule has 0 spiro atoms. The molecule has 4 rings (SSSR count). The van der Waals surface area contributed by atoms with Gasteiger partial charge in [0.15, 0.2) is 18.9 Å². The third-order valence-electron chi connectivity index (χ3n) is 23.2. The Labute approximate surface area is 638 Å². The summed E-state index contributed by atoms with van der Waals surface area (Å²) in [6.45, 7) is 19.0. The molecule has 108 heavy (non-hydrogen) atoms. The Hall–Kier alpha value is -2.47. The Balaban J connectivity index is 1.70. The lowest BCUT2D eigenvalue weighted by Gasteiger charge is -2.46. The van der Waals surface area contributed by atoms with Crippen LogP contribution in [0.15, 0.2) is 35.5 Å². The predicted molar refractivity (Wildman–Crippen MR) is 394 cm³/mol. The van der Waals surface area contributed by atoms with Crippen molar-refractivity contribution in [2.75, 3.05) is 19.8 Å². The van der Waals surface area contributed by atoms with E-state index in [9.17, 15) is 112 Å². The molecule has 0 aromatic carbocycles. The number of nitrogens with two attached hydrogens (primary N) is 2. The van der Waals surface area contributed by atoms with Gasteiger partial charge in [0.2, 0.25) is 0 Å². The monoisotopic (exact) mass is 1560 g/mol. The third-order valence-corrected chi connectivity index (χ3v) is 23.2. The first-order chi connectivity index (χ1) is 50.6. The molecular weight excluding hydrogens is 1420 g/mol. The van der Waals surface area contributed by atoms with Crippen LogP contribution in [0, 0.1) is 53.3 Å². The minimum absolute atomic E-state index is 0.0848. The first kappa shape index (κ1) is 97.9. The smallest absolute Gasteiger partial charge is 0.306 e. The summed E-state index contributed by atoms with van der Waals surface area (Å²) in [7, 11) is 0. The molecule has 3 fully saturated rings. The van der Waals surface area contributed by atoms with E-state index in [4.69, 9.17) is 44.6 Å². The van der Waals surface area contributed by atoms with E-state index in [1.165, 1.54) is 33.8 Å². The van der Waals surface area contributed by atoms with E-state index in [1.54, 1.807) is 46.8 Å². The largest absolute Gasteiger partial charge is 0.462 e. The maximum atomic E-state index is 14.2. The molecular formula is C77H142N2O29. The molecule has 4 heterocycles. The lowest BCUT2D eigenvalue weighted by Crippen LogP contribution is -2.65. The van der Waals surface area contributed by atoms with E-state index < -0.39 is 258 Å². The third kappa shape index (κ3) is 29.4. The summed E-state index contributed by atoms with van der Waals surface area (Å²) in [5, 5.41) is 236. The van der Waals surface area contributed by atoms with Crippen molar-refractivity contribution in [1.82, 2.24) is 0 Å². The van der Waals surface area contributed by atoms with Crippen molar-refractivity contribution in [2.45, 2.75) is 369 Å². The molecule has 25 N–H and O–H groups in total. The van der Waals surface area contributed by atoms with Gasteiger partial charge in [-0.05, 0) is 120 Å². The second kappa shape index (κ2) is 47.5. The van der Waals surface area contributed by atoms with Crippen LogP contribution >= 0.6 is 0 Å². The second-order valence-electron chi connectivity index (χ2n) is 32.5. The summed E-state index contributed by atoms with van der Waals surface area (Å²) in [6.07, 6.45) is -33.8. The fourth-order valence-electron chi connectivity index (χ4n) is 15.2. The normalized spacial score (nSPS) is 45.0. The van der Waals surface area contributed by atoms with E-state index in [0.29, 0.717) is 31.4 Å². The topological polar surface area (TPSA) is 559 Å². The number of allylic oxidation sites excluding steroid dienone is 1. The van der Waals surface area contributed by atoms with E-state index in [2.05, 4.69) is 6.92 Å². The highest BCUT2D eigenvalue weighted by Gasteiger charge is 2.53. The van der Waals surface area contributed by atoms with Gasteiger partial charge in [-0.2, -0.15) is 0 Å². The van der Waals surface area contributed by atoms with Crippen molar-refractivity contribution in [1.29, 1.82) is 0 Å². The highest BCUT2D eigenvalue weighted by atomic mass is 16.7. The molecule has 0 bridgehead atoms. The Morgan fingerprint density at radius 1 is 0.500 bits per heavy atom. The highest BCUT2D eigenvalue weighted by Crippen LogP contribution is 2.37. The maximum Gasteiger partial charge on any atom is 0.306 e. The van der Waals surface area contributed by atoms with Gasteiger partial charge in [-0.15, -0.1) is 0 Å². The zero-order valence-corrected chi connectivity index (χ0v) is 65.6. The summed E-state index contributed by atoms with van der Waals surface area (Å²) >= 11 is 0. The molecule has 0 amide bonds. The molecule has 0 aromatic heterocycles. The van der Waals surface area contributed by atoms with Crippen LogP contribution < -0.4 is 11.5 Å². The quantitative estimate of drug-likeness (QED) is 0.0462. The van der Waals surface area contributed by atoms with Crippen molar-refractivity contribution in [3.05, 3.63) is 35.5 Å². The summed E-state index contributed by atoms with van der Waals surface area (Å²) < 4.78 is 42.2. The minimum atomic E-state index is -2.09. The van der Waals surface area contributed by atoms with E-state index in [0.717, 1.165) is 32.1 Å². The van der Waals surface area contributed by atoms with Crippen molar-refractivity contribution < 1.29 is 145 Å². The van der Waals surface area contributed by atoms with Gasteiger partial charge in [0.05, 0.1) is 111 Å². The molecule has 24 unspecified atom stereocenters. The molecule has 31 heteroatoms. The molecule has 4 aliphatic rings. The van der Waals surface area contributed by atoms with Crippen LogP contribution in [0.3, 0.4) is 0 Å².